The molecule has 0 atom stereocenters. The van der Waals surface area contributed by atoms with E-state index >= 15 is 0 Å². The fourth-order valence-electron chi connectivity index (χ4n) is 1.91. The molecule has 0 aliphatic heterocycles. The fourth-order valence-corrected chi connectivity index (χ4v) is 4.16. The number of fused-ring (bicyclic) bond motifs is 1. The molecule has 0 radical (unpaired) electrons. The highest BCUT2D eigenvalue weighted by Gasteiger charge is 2.13. The molecular formula is C13H11N3O3S2. The summed E-state index contributed by atoms with van der Waals surface area (Å²) in [6.45, 7) is 3.80. The van der Waals surface area contributed by atoms with E-state index < -0.39 is 4.92 Å². The Hall–Kier alpha value is -1.93. The van der Waals surface area contributed by atoms with Crippen molar-refractivity contribution in [3.63, 3.8) is 0 Å². The molecule has 108 valence electrons. The molecule has 0 amide bonds. The molecule has 2 aromatic heterocycles. The summed E-state index contributed by atoms with van der Waals surface area (Å²) in [6, 6.07) is 4.72. The Bertz CT molecular complexity index is 806. The summed E-state index contributed by atoms with van der Waals surface area (Å²) in [5.74, 6) is 1.54. The number of thiazole rings is 1. The third-order valence-electron chi connectivity index (χ3n) is 3.08. The molecule has 0 aliphatic carbocycles. The Morgan fingerprint density at radius 1 is 1.43 bits per heavy atom. The molecule has 0 N–H and O–H groups in total. The van der Waals surface area contributed by atoms with E-state index in [0.717, 1.165) is 37.3 Å². The van der Waals surface area contributed by atoms with Crippen LogP contribution < -0.4 is 0 Å². The first-order chi connectivity index (χ1) is 10.0. The van der Waals surface area contributed by atoms with Gasteiger partial charge in [-0.15, -0.1) is 11.3 Å². The largest absolute Gasteiger partial charge is 0.361 e. The van der Waals surface area contributed by atoms with E-state index in [1.807, 2.05) is 13.8 Å². The second kappa shape index (κ2) is 5.45. The van der Waals surface area contributed by atoms with Gasteiger partial charge in [0.15, 0.2) is 4.34 Å². The number of hydrogen-bond acceptors (Lipinski definition) is 7. The van der Waals surface area contributed by atoms with Crippen LogP contribution in [-0.2, 0) is 5.75 Å². The summed E-state index contributed by atoms with van der Waals surface area (Å²) in [7, 11) is 0. The first-order valence-corrected chi connectivity index (χ1v) is 7.94. The minimum absolute atomic E-state index is 0.0911. The minimum atomic E-state index is -0.393. The second-order valence-electron chi connectivity index (χ2n) is 4.48. The van der Waals surface area contributed by atoms with E-state index in [0.29, 0.717) is 0 Å². The van der Waals surface area contributed by atoms with E-state index in [1.165, 1.54) is 17.4 Å². The zero-order valence-corrected chi connectivity index (χ0v) is 13.0. The van der Waals surface area contributed by atoms with Crippen molar-refractivity contribution in [3.8, 4) is 0 Å². The first-order valence-electron chi connectivity index (χ1n) is 6.14. The van der Waals surface area contributed by atoms with Gasteiger partial charge in [0.2, 0.25) is 0 Å². The van der Waals surface area contributed by atoms with Crippen LogP contribution in [0.1, 0.15) is 17.0 Å². The van der Waals surface area contributed by atoms with Gasteiger partial charge in [0.25, 0.3) is 5.69 Å². The molecule has 3 rings (SSSR count). The van der Waals surface area contributed by atoms with Crippen LogP contribution in [-0.4, -0.2) is 15.1 Å². The molecule has 0 bridgehead atoms. The highest BCUT2D eigenvalue weighted by atomic mass is 32.2. The summed E-state index contributed by atoms with van der Waals surface area (Å²) < 4.78 is 6.83. The van der Waals surface area contributed by atoms with Crippen LogP contribution in [0.3, 0.4) is 0 Å². The molecule has 0 fully saturated rings. The maximum atomic E-state index is 10.8. The Labute approximate surface area is 128 Å². The molecule has 0 aliphatic rings. The van der Waals surface area contributed by atoms with Gasteiger partial charge in [-0.1, -0.05) is 16.9 Å². The standard InChI is InChI=1S/C13H11N3O3S2/c1-7-10(8(2)19-15-7)6-20-13-14-11-4-3-9(16(17)18)5-12(11)21-13/h3-5H,6H2,1-2H3. The summed E-state index contributed by atoms with van der Waals surface area (Å²) in [6.07, 6.45) is 0. The smallest absolute Gasteiger partial charge is 0.270 e. The first kappa shape index (κ1) is 14.0. The average Bonchev–Trinajstić information content (AvgIpc) is 2.99. The van der Waals surface area contributed by atoms with Crippen LogP contribution in [0.25, 0.3) is 10.2 Å². The number of benzene rings is 1. The summed E-state index contributed by atoms with van der Waals surface area (Å²) >= 11 is 3.04. The average molecular weight is 321 g/mol. The number of aryl methyl sites for hydroxylation is 2. The third kappa shape index (κ3) is 2.77. The molecule has 6 nitrogen and oxygen atoms in total. The Morgan fingerprint density at radius 3 is 2.90 bits per heavy atom. The van der Waals surface area contributed by atoms with Gasteiger partial charge in [-0.25, -0.2) is 4.98 Å². The van der Waals surface area contributed by atoms with Crippen LogP contribution in [0.15, 0.2) is 27.1 Å². The van der Waals surface area contributed by atoms with Crippen molar-refractivity contribution >= 4 is 39.0 Å². The van der Waals surface area contributed by atoms with Gasteiger partial charge >= 0.3 is 0 Å². The van der Waals surface area contributed by atoms with Crippen LogP contribution in [0.5, 0.6) is 0 Å². The van der Waals surface area contributed by atoms with E-state index in [2.05, 4.69) is 10.1 Å². The third-order valence-corrected chi connectivity index (χ3v) is 5.27. The number of hydrogen-bond donors (Lipinski definition) is 0. The van der Waals surface area contributed by atoms with Gasteiger partial charge in [0, 0.05) is 23.4 Å². The van der Waals surface area contributed by atoms with E-state index in [-0.39, 0.29) is 5.69 Å². The summed E-state index contributed by atoms with van der Waals surface area (Å²) in [5, 5.41) is 14.7. The lowest BCUT2D eigenvalue weighted by molar-refractivity contribution is -0.384. The molecule has 1 aromatic carbocycles. The Balaban J connectivity index is 1.83. The molecule has 2 heterocycles. The van der Waals surface area contributed by atoms with Gasteiger partial charge < -0.3 is 4.52 Å². The SMILES string of the molecule is Cc1noc(C)c1CSc1nc2ccc([N+](=O)[O-])cc2s1. The molecule has 8 heteroatoms. The maximum Gasteiger partial charge on any atom is 0.270 e. The van der Waals surface area contributed by atoms with Crippen molar-refractivity contribution < 1.29 is 9.45 Å². The zero-order valence-electron chi connectivity index (χ0n) is 11.3. The van der Waals surface area contributed by atoms with E-state index in [1.54, 1.807) is 23.9 Å². The molecule has 0 spiro atoms. The van der Waals surface area contributed by atoms with Crippen LogP contribution in [0.2, 0.25) is 0 Å². The minimum Gasteiger partial charge on any atom is -0.361 e. The van der Waals surface area contributed by atoms with Gasteiger partial charge in [-0.3, -0.25) is 10.1 Å². The number of non-ortho nitro benzene ring substituents is 1. The lowest BCUT2D eigenvalue weighted by Gasteiger charge is -1.96. The highest BCUT2D eigenvalue weighted by molar-refractivity contribution is 8.00. The second-order valence-corrected chi connectivity index (χ2v) is 6.73. The molecular weight excluding hydrogens is 310 g/mol. The number of nitro groups is 1. The number of rotatable bonds is 4. The normalized spacial score (nSPS) is 11.1. The van der Waals surface area contributed by atoms with E-state index in [4.69, 9.17) is 4.52 Å². The van der Waals surface area contributed by atoms with Crippen molar-refractivity contribution in [2.45, 2.75) is 23.9 Å². The van der Waals surface area contributed by atoms with Gasteiger partial charge in [0.1, 0.15) is 5.76 Å². The van der Waals surface area contributed by atoms with Crippen molar-refractivity contribution in [1.29, 1.82) is 0 Å². The Morgan fingerprint density at radius 2 is 2.24 bits per heavy atom. The number of aromatic nitrogens is 2. The van der Waals surface area contributed by atoms with E-state index in [9.17, 15) is 10.1 Å². The number of nitrogens with zero attached hydrogens (tertiary/aromatic N) is 3. The zero-order chi connectivity index (χ0) is 15.0. The summed E-state index contributed by atoms with van der Waals surface area (Å²) in [5.41, 5.74) is 2.84. The van der Waals surface area contributed by atoms with Gasteiger partial charge in [-0.2, -0.15) is 0 Å². The molecule has 21 heavy (non-hydrogen) atoms. The number of nitro benzene ring substituents is 1. The van der Waals surface area contributed by atoms with Gasteiger partial charge in [0.05, 0.1) is 20.8 Å². The lowest BCUT2D eigenvalue weighted by Crippen LogP contribution is -1.86. The monoisotopic (exact) mass is 321 g/mol. The van der Waals surface area contributed by atoms with Gasteiger partial charge in [-0.05, 0) is 19.9 Å². The van der Waals surface area contributed by atoms with Crippen molar-refractivity contribution in [2.24, 2.45) is 0 Å². The Kier molecular flexibility index (Phi) is 3.64. The lowest BCUT2D eigenvalue weighted by atomic mass is 10.2. The summed E-state index contributed by atoms with van der Waals surface area (Å²) in [4.78, 5) is 14.9. The maximum absolute atomic E-state index is 10.8. The predicted molar refractivity (Wildman–Crippen MR) is 81.8 cm³/mol. The molecule has 0 unspecified atom stereocenters. The highest BCUT2D eigenvalue weighted by Crippen LogP contribution is 2.34. The molecule has 0 saturated carbocycles. The van der Waals surface area contributed by atoms with Crippen molar-refractivity contribution in [3.05, 3.63) is 45.3 Å². The topological polar surface area (TPSA) is 82.1 Å². The fraction of sp³-hybridized carbons (Fsp3) is 0.231. The van der Waals surface area contributed by atoms with Crippen molar-refractivity contribution in [2.75, 3.05) is 0 Å². The van der Waals surface area contributed by atoms with Crippen molar-refractivity contribution in [1.82, 2.24) is 10.1 Å². The van der Waals surface area contributed by atoms with Crippen LogP contribution in [0.4, 0.5) is 5.69 Å². The predicted octanol–water partition coefficient (Wildman–Crippen LogP) is 4.10. The van der Waals surface area contributed by atoms with Crippen LogP contribution in [0, 0.1) is 24.0 Å². The van der Waals surface area contributed by atoms with Crippen LogP contribution >= 0.6 is 23.1 Å². The quantitative estimate of drug-likeness (QED) is 0.409. The molecule has 3 aromatic rings. The number of thioether (sulfide) groups is 1. The molecule has 0 saturated heterocycles.